The molecule has 0 radical (unpaired) electrons. The number of hydrogen-bond acceptors (Lipinski definition) is 3. The van der Waals surface area contributed by atoms with Crippen molar-refractivity contribution in [3.63, 3.8) is 0 Å². The van der Waals surface area contributed by atoms with Crippen LogP contribution in [0.1, 0.15) is 23.7 Å². The van der Waals surface area contributed by atoms with E-state index < -0.39 is 11.9 Å². The van der Waals surface area contributed by atoms with Crippen LogP contribution in [0.5, 0.6) is 0 Å². The lowest BCUT2D eigenvalue weighted by molar-refractivity contribution is 0.0763. The molecule has 1 aromatic rings. The third kappa shape index (κ3) is 2.46. The number of amides is 1. The molecule has 1 fully saturated rings. The Labute approximate surface area is 105 Å². The first kappa shape index (κ1) is 12.8. The highest BCUT2D eigenvalue weighted by Crippen LogP contribution is 2.23. The average molecular weight is 252 g/mol. The number of aliphatic hydroxyl groups excluding tert-OH is 1. The molecule has 0 saturated carbocycles. The zero-order valence-electron chi connectivity index (χ0n) is 10.3. The lowest BCUT2D eigenvalue weighted by Crippen LogP contribution is -2.31. The van der Waals surface area contributed by atoms with Crippen molar-refractivity contribution in [2.75, 3.05) is 18.8 Å². The molecule has 0 spiro atoms. The summed E-state index contributed by atoms with van der Waals surface area (Å²) in [5.41, 5.74) is 6.16. The van der Waals surface area contributed by atoms with E-state index in [1.807, 2.05) is 0 Å². The fourth-order valence-corrected chi connectivity index (χ4v) is 2.25. The van der Waals surface area contributed by atoms with Crippen LogP contribution in [0.2, 0.25) is 0 Å². The van der Waals surface area contributed by atoms with Crippen molar-refractivity contribution in [3.8, 4) is 0 Å². The first-order valence-electron chi connectivity index (χ1n) is 6.01. The quantitative estimate of drug-likeness (QED) is 0.778. The molecule has 1 heterocycles. The van der Waals surface area contributed by atoms with E-state index in [0.29, 0.717) is 13.1 Å². The molecular formula is C13H17FN2O2. The molecule has 18 heavy (non-hydrogen) atoms. The Hall–Kier alpha value is -1.62. The fraction of sp³-hybridized carbons (Fsp3) is 0.462. The molecule has 3 N–H and O–H groups in total. The minimum Gasteiger partial charge on any atom is -0.398 e. The summed E-state index contributed by atoms with van der Waals surface area (Å²) in [6.45, 7) is 2.78. The van der Waals surface area contributed by atoms with Crippen molar-refractivity contribution in [2.24, 2.45) is 5.92 Å². The van der Waals surface area contributed by atoms with Gasteiger partial charge >= 0.3 is 0 Å². The Kier molecular flexibility index (Phi) is 3.52. The van der Waals surface area contributed by atoms with Gasteiger partial charge in [0.1, 0.15) is 5.82 Å². The number of rotatable bonds is 2. The second-order valence-electron chi connectivity index (χ2n) is 4.77. The Morgan fingerprint density at radius 3 is 2.94 bits per heavy atom. The summed E-state index contributed by atoms with van der Waals surface area (Å²) >= 11 is 0. The van der Waals surface area contributed by atoms with Gasteiger partial charge in [-0.15, -0.1) is 0 Å². The van der Waals surface area contributed by atoms with Gasteiger partial charge in [-0.3, -0.25) is 4.79 Å². The predicted octanol–water partition coefficient (Wildman–Crippen LogP) is 1.25. The van der Waals surface area contributed by atoms with Gasteiger partial charge in [-0.05, 0) is 31.5 Å². The molecule has 98 valence electrons. The summed E-state index contributed by atoms with van der Waals surface area (Å²) in [5.74, 6) is -0.655. The fourth-order valence-electron chi connectivity index (χ4n) is 2.25. The van der Waals surface area contributed by atoms with E-state index in [4.69, 9.17) is 5.73 Å². The molecule has 2 unspecified atom stereocenters. The molecule has 2 atom stereocenters. The Bertz CT molecular complexity index is 462. The number of likely N-dealkylation sites (tertiary alicyclic amines) is 1. The number of carbonyl (C=O) groups excluding carboxylic acids is 1. The largest absolute Gasteiger partial charge is 0.398 e. The predicted molar refractivity (Wildman–Crippen MR) is 66.5 cm³/mol. The maximum atomic E-state index is 13.1. The van der Waals surface area contributed by atoms with Crippen LogP contribution in [0.3, 0.4) is 0 Å². The number of nitrogens with zero attached hydrogens (tertiary/aromatic N) is 1. The second kappa shape index (κ2) is 4.94. The maximum absolute atomic E-state index is 13.1. The van der Waals surface area contributed by atoms with Crippen LogP contribution in [0.4, 0.5) is 10.1 Å². The number of nitrogen functional groups attached to an aromatic ring is 1. The number of benzene rings is 1. The minimum atomic E-state index is -0.473. The summed E-state index contributed by atoms with van der Waals surface area (Å²) < 4.78 is 13.1. The van der Waals surface area contributed by atoms with Gasteiger partial charge in [0.05, 0.1) is 11.7 Å². The first-order chi connectivity index (χ1) is 8.49. The molecule has 1 aliphatic rings. The number of halogens is 1. The molecule has 1 amide bonds. The standard InChI is InChI=1S/C13H17FN2O2/c1-8(17)9-4-5-16(7-9)13(18)11-6-10(14)2-3-12(11)15/h2-3,6,8-9,17H,4-5,7,15H2,1H3. The van der Waals surface area contributed by atoms with Crippen molar-refractivity contribution in [1.29, 1.82) is 0 Å². The van der Waals surface area contributed by atoms with Crippen molar-refractivity contribution >= 4 is 11.6 Å². The molecule has 0 aromatic heterocycles. The minimum absolute atomic E-state index is 0.0868. The zero-order chi connectivity index (χ0) is 13.3. The lowest BCUT2D eigenvalue weighted by atomic mass is 10.0. The summed E-state index contributed by atoms with van der Waals surface area (Å²) in [4.78, 5) is 13.8. The van der Waals surface area contributed by atoms with Crippen molar-refractivity contribution in [1.82, 2.24) is 4.90 Å². The van der Waals surface area contributed by atoms with E-state index in [-0.39, 0.29) is 23.1 Å². The SMILES string of the molecule is CC(O)C1CCN(C(=O)c2cc(F)ccc2N)C1. The summed E-state index contributed by atoms with van der Waals surface area (Å²) in [5, 5.41) is 9.50. The highest BCUT2D eigenvalue weighted by molar-refractivity contribution is 5.99. The van der Waals surface area contributed by atoms with Crippen molar-refractivity contribution in [2.45, 2.75) is 19.4 Å². The van der Waals surface area contributed by atoms with Crippen molar-refractivity contribution in [3.05, 3.63) is 29.6 Å². The van der Waals surface area contributed by atoms with E-state index in [0.717, 1.165) is 12.5 Å². The van der Waals surface area contributed by atoms with Gasteiger partial charge < -0.3 is 15.7 Å². The first-order valence-corrected chi connectivity index (χ1v) is 6.01. The van der Waals surface area contributed by atoms with Gasteiger partial charge in [-0.2, -0.15) is 0 Å². The van der Waals surface area contributed by atoms with Gasteiger partial charge in [0.2, 0.25) is 0 Å². The molecule has 1 saturated heterocycles. The lowest BCUT2D eigenvalue weighted by Gasteiger charge is -2.18. The number of aliphatic hydroxyl groups is 1. The smallest absolute Gasteiger partial charge is 0.256 e. The van der Waals surface area contributed by atoms with Crippen LogP contribution >= 0.6 is 0 Å². The molecule has 4 nitrogen and oxygen atoms in total. The third-order valence-corrected chi connectivity index (χ3v) is 3.44. The molecule has 1 aromatic carbocycles. The Morgan fingerprint density at radius 1 is 1.61 bits per heavy atom. The maximum Gasteiger partial charge on any atom is 0.256 e. The summed E-state index contributed by atoms with van der Waals surface area (Å²) in [6.07, 6.45) is 0.325. The number of nitrogens with two attached hydrogens (primary N) is 1. The Balaban J connectivity index is 2.15. The van der Waals surface area contributed by atoms with E-state index in [9.17, 15) is 14.3 Å². The van der Waals surface area contributed by atoms with Crippen LogP contribution < -0.4 is 5.73 Å². The van der Waals surface area contributed by atoms with E-state index in [2.05, 4.69) is 0 Å². The molecule has 1 aliphatic heterocycles. The third-order valence-electron chi connectivity index (χ3n) is 3.44. The van der Waals surface area contributed by atoms with Gasteiger partial charge in [-0.1, -0.05) is 0 Å². The average Bonchev–Trinajstić information content (AvgIpc) is 2.81. The van der Waals surface area contributed by atoms with Gasteiger partial charge in [-0.25, -0.2) is 4.39 Å². The normalized spacial score (nSPS) is 21.1. The molecule has 2 rings (SSSR count). The van der Waals surface area contributed by atoms with Crippen LogP contribution in [0, 0.1) is 11.7 Å². The Morgan fingerprint density at radius 2 is 2.33 bits per heavy atom. The van der Waals surface area contributed by atoms with E-state index >= 15 is 0 Å². The van der Waals surface area contributed by atoms with Crippen LogP contribution in [0.25, 0.3) is 0 Å². The van der Waals surface area contributed by atoms with Gasteiger partial charge in [0.25, 0.3) is 5.91 Å². The number of anilines is 1. The summed E-state index contributed by atoms with van der Waals surface area (Å²) in [7, 11) is 0. The molecule has 0 aliphatic carbocycles. The molecular weight excluding hydrogens is 235 g/mol. The van der Waals surface area contributed by atoms with Crippen LogP contribution in [-0.2, 0) is 0 Å². The number of hydrogen-bond donors (Lipinski definition) is 2. The molecule has 5 heteroatoms. The van der Waals surface area contributed by atoms with E-state index in [1.54, 1.807) is 11.8 Å². The topological polar surface area (TPSA) is 66.6 Å². The van der Waals surface area contributed by atoms with Gasteiger partial charge in [0.15, 0.2) is 0 Å². The van der Waals surface area contributed by atoms with Crippen LogP contribution in [0.15, 0.2) is 18.2 Å². The van der Waals surface area contributed by atoms with E-state index in [1.165, 1.54) is 12.1 Å². The second-order valence-corrected chi connectivity index (χ2v) is 4.77. The molecule has 0 bridgehead atoms. The van der Waals surface area contributed by atoms with Gasteiger partial charge in [0, 0.05) is 24.7 Å². The zero-order valence-corrected chi connectivity index (χ0v) is 10.3. The highest BCUT2D eigenvalue weighted by atomic mass is 19.1. The highest BCUT2D eigenvalue weighted by Gasteiger charge is 2.30. The van der Waals surface area contributed by atoms with Crippen LogP contribution in [-0.4, -0.2) is 35.1 Å². The monoisotopic (exact) mass is 252 g/mol. The van der Waals surface area contributed by atoms with Crippen molar-refractivity contribution < 1.29 is 14.3 Å². The number of carbonyl (C=O) groups is 1. The summed E-state index contributed by atoms with van der Waals surface area (Å²) in [6, 6.07) is 3.78.